The summed E-state index contributed by atoms with van der Waals surface area (Å²) in [5.41, 5.74) is 0.871. The second-order valence-electron chi connectivity index (χ2n) is 10.4. The van der Waals surface area contributed by atoms with E-state index in [0.29, 0.717) is 23.5 Å². The minimum Gasteiger partial charge on any atom is -0.342 e. The molecular formula is C24H30N4O2. The van der Waals surface area contributed by atoms with Gasteiger partial charge in [0.2, 0.25) is 17.6 Å². The number of hydrogen-bond donors (Lipinski definition) is 0. The molecule has 0 spiro atoms. The van der Waals surface area contributed by atoms with Crippen LogP contribution in [-0.4, -0.2) is 39.0 Å². The summed E-state index contributed by atoms with van der Waals surface area (Å²) in [6.07, 6.45) is 14.0. The molecule has 6 nitrogen and oxygen atoms in total. The van der Waals surface area contributed by atoms with Crippen LogP contribution in [0.3, 0.4) is 0 Å². The number of rotatable bonds is 4. The van der Waals surface area contributed by atoms with Gasteiger partial charge in [0, 0.05) is 37.5 Å². The van der Waals surface area contributed by atoms with Crippen LogP contribution in [0.15, 0.2) is 29.0 Å². The Kier molecular flexibility index (Phi) is 4.43. The van der Waals surface area contributed by atoms with E-state index in [-0.39, 0.29) is 5.41 Å². The molecule has 0 N–H and O–H groups in total. The Labute approximate surface area is 177 Å². The van der Waals surface area contributed by atoms with Crippen molar-refractivity contribution in [3.63, 3.8) is 0 Å². The molecule has 6 heteroatoms. The fourth-order valence-corrected chi connectivity index (χ4v) is 7.25. The first-order valence-corrected chi connectivity index (χ1v) is 11.7. The van der Waals surface area contributed by atoms with Crippen LogP contribution in [0.4, 0.5) is 0 Å². The van der Waals surface area contributed by atoms with Gasteiger partial charge < -0.3 is 9.42 Å². The quantitative estimate of drug-likeness (QED) is 0.763. The van der Waals surface area contributed by atoms with Gasteiger partial charge in [0.1, 0.15) is 0 Å². The van der Waals surface area contributed by atoms with Gasteiger partial charge in [-0.25, -0.2) is 0 Å². The Hall–Kier alpha value is -2.24. The Balaban J connectivity index is 1.07. The van der Waals surface area contributed by atoms with Crippen LogP contribution in [0, 0.1) is 29.1 Å². The molecule has 2 aromatic rings. The Morgan fingerprint density at radius 1 is 1.10 bits per heavy atom. The number of carbonyl (C=O) groups is 1. The molecule has 158 valence electrons. The van der Waals surface area contributed by atoms with E-state index < -0.39 is 0 Å². The predicted octanol–water partition coefficient (Wildman–Crippen LogP) is 4.13. The lowest BCUT2D eigenvalue weighted by Gasteiger charge is -2.57. The summed E-state index contributed by atoms with van der Waals surface area (Å²) in [7, 11) is 0. The molecule has 3 heterocycles. The van der Waals surface area contributed by atoms with E-state index in [2.05, 4.69) is 20.0 Å². The van der Waals surface area contributed by atoms with E-state index >= 15 is 0 Å². The van der Waals surface area contributed by atoms with E-state index in [4.69, 9.17) is 4.52 Å². The SMILES string of the molecule is O=C(N1CCC(Cc2nc(-c3cccnc3)no2)CC1)C12CC3CC(CC(C3)C1)C2. The van der Waals surface area contributed by atoms with E-state index in [1.54, 1.807) is 12.4 Å². The lowest BCUT2D eigenvalue weighted by Crippen LogP contribution is -2.55. The number of carbonyl (C=O) groups excluding carboxylic acids is 1. The normalized spacial score (nSPS) is 33.2. The van der Waals surface area contributed by atoms with Crippen LogP contribution in [0.25, 0.3) is 11.4 Å². The van der Waals surface area contributed by atoms with Crippen LogP contribution in [0.1, 0.15) is 57.3 Å². The van der Waals surface area contributed by atoms with Crippen molar-refractivity contribution in [1.29, 1.82) is 0 Å². The summed E-state index contributed by atoms with van der Waals surface area (Å²) in [4.78, 5) is 24.4. The van der Waals surface area contributed by atoms with Crippen LogP contribution < -0.4 is 0 Å². The smallest absolute Gasteiger partial charge is 0.228 e. The van der Waals surface area contributed by atoms with Crippen LogP contribution in [-0.2, 0) is 11.2 Å². The number of amides is 1. The third kappa shape index (κ3) is 3.25. The molecule has 30 heavy (non-hydrogen) atoms. The molecule has 0 atom stereocenters. The molecule has 1 aliphatic heterocycles. The lowest BCUT2D eigenvalue weighted by molar-refractivity contribution is -0.159. The molecule has 1 amide bonds. The van der Waals surface area contributed by atoms with Gasteiger partial charge in [-0.05, 0) is 87.2 Å². The maximum Gasteiger partial charge on any atom is 0.228 e. The number of aromatic nitrogens is 3. The zero-order valence-electron chi connectivity index (χ0n) is 17.5. The number of piperidine rings is 1. The summed E-state index contributed by atoms with van der Waals surface area (Å²) in [5.74, 6) is 4.76. The molecule has 1 saturated heterocycles. The topological polar surface area (TPSA) is 72.1 Å². The number of pyridine rings is 1. The summed E-state index contributed by atoms with van der Waals surface area (Å²) >= 11 is 0. The zero-order chi connectivity index (χ0) is 20.1. The highest BCUT2D eigenvalue weighted by Gasteiger charge is 2.55. The van der Waals surface area contributed by atoms with Gasteiger partial charge in [-0.15, -0.1) is 0 Å². The van der Waals surface area contributed by atoms with Crippen molar-refractivity contribution in [2.45, 2.75) is 57.8 Å². The van der Waals surface area contributed by atoms with Gasteiger partial charge in [-0.1, -0.05) is 5.16 Å². The largest absolute Gasteiger partial charge is 0.342 e. The molecule has 5 fully saturated rings. The van der Waals surface area contributed by atoms with E-state index in [0.717, 1.165) is 74.9 Å². The number of nitrogens with zero attached hydrogens (tertiary/aromatic N) is 4. The summed E-state index contributed by atoms with van der Waals surface area (Å²) in [5, 5.41) is 4.11. The molecule has 5 aliphatic rings. The highest BCUT2D eigenvalue weighted by Crippen LogP contribution is 2.60. The van der Waals surface area contributed by atoms with Crippen LogP contribution in [0.5, 0.6) is 0 Å². The van der Waals surface area contributed by atoms with Crippen molar-refractivity contribution in [3.8, 4) is 11.4 Å². The minimum absolute atomic E-state index is 0.00725. The first-order valence-electron chi connectivity index (χ1n) is 11.7. The maximum atomic E-state index is 13.6. The van der Waals surface area contributed by atoms with Gasteiger partial charge in [0.05, 0.1) is 5.41 Å². The van der Waals surface area contributed by atoms with Gasteiger partial charge in [0.15, 0.2) is 0 Å². The van der Waals surface area contributed by atoms with Crippen LogP contribution >= 0.6 is 0 Å². The molecule has 0 aromatic carbocycles. The van der Waals surface area contributed by atoms with Gasteiger partial charge >= 0.3 is 0 Å². The molecule has 4 saturated carbocycles. The highest BCUT2D eigenvalue weighted by atomic mass is 16.5. The van der Waals surface area contributed by atoms with Gasteiger partial charge in [0.25, 0.3) is 0 Å². The highest BCUT2D eigenvalue weighted by molar-refractivity contribution is 5.83. The van der Waals surface area contributed by atoms with E-state index in [1.807, 2.05) is 12.1 Å². The van der Waals surface area contributed by atoms with Crippen molar-refractivity contribution < 1.29 is 9.32 Å². The molecule has 2 aromatic heterocycles. The van der Waals surface area contributed by atoms with Crippen molar-refractivity contribution in [2.24, 2.45) is 29.1 Å². The minimum atomic E-state index is -0.00725. The molecular weight excluding hydrogens is 376 g/mol. The molecule has 0 unspecified atom stereocenters. The third-order valence-electron chi connectivity index (χ3n) is 8.24. The Morgan fingerprint density at radius 3 is 2.43 bits per heavy atom. The first kappa shape index (κ1) is 18.5. The average molecular weight is 407 g/mol. The second-order valence-corrected chi connectivity index (χ2v) is 10.4. The summed E-state index contributed by atoms with van der Waals surface area (Å²) in [6.45, 7) is 1.77. The first-order chi connectivity index (χ1) is 14.7. The van der Waals surface area contributed by atoms with E-state index in [1.165, 1.54) is 19.3 Å². The van der Waals surface area contributed by atoms with Crippen molar-refractivity contribution in [3.05, 3.63) is 30.4 Å². The Morgan fingerprint density at radius 2 is 1.80 bits per heavy atom. The second kappa shape index (κ2) is 7.17. The summed E-state index contributed by atoms with van der Waals surface area (Å²) in [6, 6.07) is 3.82. The van der Waals surface area contributed by atoms with Crippen molar-refractivity contribution in [1.82, 2.24) is 20.0 Å². The standard InChI is InChI=1S/C24H30N4O2/c29-23(24-12-17-8-18(13-24)10-19(9-17)14-24)28-6-3-16(4-7-28)11-21-26-22(27-30-21)20-2-1-5-25-15-20/h1-2,5,15-19H,3-4,6-14H2. The third-order valence-corrected chi connectivity index (χ3v) is 8.24. The molecule has 7 rings (SSSR count). The predicted molar refractivity (Wildman–Crippen MR) is 111 cm³/mol. The van der Waals surface area contributed by atoms with Crippen molar-refractivity contribution >= 4 is 5.91 Å². The van der Waals surface area contributed by atoms with Gasteiger partial charge in [-0.3, -0.25) is 9.78 Å². The fraction of sp³-hybridized carbons (Fsp3) is 0.667. The average Bonchev–Trinajstić information content (AvgIpc) is 3.22. The Bertz CT molecular complexity index is 881. The van der Waals surface area contributed by atoms with Gasteiger partial charge in [-0.2, -0.15) is 4.98 Å². The molecule has 0 radical (unpaired) electrons. The molecule has 4 bridgehead atoms. The molecule has 4 aliphatic carbocycles. The number of likely N-dealkylation sites (tertiary alicyclic amines) is 1. The van der Waals surface area contributed by atoms with Crippen molar-refractivity contribution in [2.75, 3.05) is 13.1 Å². The summed E-state index contributed by atoms with van der Waals surface area (Å²) < 4.78 is 5.49. The fourth-order valence-electron chi connectivity index (χ4n) is 7.25. The monoisotopic (exact) mass is 406 g/mol. The van der Waals surface area contributed by atoms with E-state index in [9.17, 15) is 4.79 Å². The number of hydrogen-bond acceptors (Lipinski definition) is 5. The maximum absolute atomic E-state index is 13.6. The lowest BCUT2D eigenvalue weighted by atomic mass is 9.49. The van der Waals surface area contributed by atoms with Crippen LogP contribution in [0.2, 0.25) is 0 Å². The zero-order valence-corrected chi connectivity index (χ0v) is 17.5.